The lowest BCUT2D eigenvalue weighted by molar-refractivity contribution is 0.0364. The molecule has 4 rings (SSSR count). The second-order valence-electron chi connectivity index (χ2n) is 7.02. The van der Waals surface area contributed by atoms with Crippen LogP contribution in [-0.4, -0.2) is 12.7 Å². The fourth-order valence-electron chi connectivity index (χ4n) is 4.11. The van der Waals surface area contributed by atoms with Crippen molar-refractivity contribution in [2.75, 3.05) is 7.11 Å². The van der Waals surface area contributed by atoms with Crippen LogP contribution in [0.15, 0.2) is 48.5 Å². The van der Waals surface area contributed by atoms with E-state index < -0.39 is 0 Å². The zero-order valence-corrected chi connectivity index (χ0v) is 14.3. The summed E-state index contributed by atoms with van der Waals surface area (Å²) in [5, 5.41) is 3.76. The van der Waals surface area contributed by atoms with Gasteiger partial charge in [-0.1, -0.05) is 30.3 Å². The Morgan fingerprint density at radius 2 is 1.83 bits per heavy atom. The van der Waals surface area contributed by atoms with E-state index in [-0.39, 0.29) is 5.60 Å². The molecular formula is C21H25NO2. The monoisotopic (exact) mass is 323 g/mol. The van der Waals surface area contributed by atoms with Gasteiger partial charge in [-0.2, -0.15) is 0 Å². The number of para-hydroxylation sites is 1. The number of fused-ring (bicyclic) bond motifs is 1. The maximum Gasteiger partial charge on any atom is 0.124 e. The molecule has 1 aliphatic heterocycles. The number of hydrogen-bond acceptors (Lipinski definition) is 3. The highest BCUT2D eigenvalue weighted by Gasteiger charge is 2.42. The van der Waals surface area contributed by atoms with Gasteiger partial charge in [0, 0.05) is 24.6 Å². The van der Waals surface area contributed by atoms with E-state index in [0.717, 1.165) is 24.5 Å². The molecule has 2 aromatic rings. The zero-order chi connectivity index (χ0) is 16.4. The van der Waals surface area contributed by atoms with Crippen molar-refractivity contribution in [2.24, 2.45) is 0 Å². The minimum Gasteiger partial charge on any atom is -0.497 e. The Balaban J connectivity index is 1.52. The average molecular weight is 323 g/mol. The van der Waals surface area contributed by atoms with Gasteiger partial charge < -0.3 is 14.8 Å². The van der Waals surface area contributed by atoms with Crippen molar-refractivity contribution in [3.05, 3.63) is 59.7 Å². The van der Waals surface area contributed by atoms with Gasteiger partial charge in [-0.3, -0.25) is 0 Å². The molecule has 0 bridgehead atoms. The van der Waals surface area contributed by atoms with Crippen molar-refractivity contribution in [1.82, 2.24) is 5.32 Å². The van der Waals surface area contributed by atoms with Crippen LogP contribution >= 0.6 is 0 Å². The summed E-state index contributed by atoms with van der Waals surface area (Å²) in [6, 6.07) is 17.2. The maximum atomic E-state index is 6.44. The Morgan fingerprint density at radius 1 is 1.08 bits per heavy atom. The van der Waals surface area contributed by atoms with Gasteiger partial charge in [0.05, 0.1) is 7.11 Å². The predicted molar refractivity (Wildman–Crippen MR) is 95.5 cm³/mol. The van der Waals surface area contributed by atoms with Crippen LogP contribution in [0.5, 0.6) is 11.5 Å². The number of rotatable bonds is 4. The van der Waals surface area contributed by atoms with Gasteiger partial charge in [0.1, 0.15) is 17.1 Å². The second-order valence-corrected chi connectivity index (χ2v) is 7.02. The lowest BCUT2D eigenvalue weighted by Gasteiger charge is -2.40. The van der Waals surface area contributed by atoms with Gasteiger partial charge in [-0.15, -0.1) is 0 Å². The minimum atomic E-state index is 0.0475. The first-order valence-corrected chi connectivity index (χ1v) is 8.92. The van der Waals surface area contributed by atoms with Crippen LogP contribution in [0.3, 0.4) is 0 Å². The highest BCUT2D eigenvalue weighted by atomic mass is 16.5. The Labute approximate surface area is 144 Å². The fourth-order valence-corrected chi connectivity index (χ4v) is 4.11. The summed E-state index contributed by atoms with van der Waals surface area (Å²) >= 11 is 0. The standard InChI is InChI=1S/C21H25NO2/c1-23-17-10-8-16(9-11-17)15-22-19-14-21(12-4-5-13-21)24-20-7-3-2-6-18(19)20/h2-3,6-11,19,22H,4-5,12-15H2,1H3. The lowest BCUT2D eigenvalue weighted by atomic mass is 9.86. The molecule has 0 saturated heterocycles. The molecule has 1 heterocycles. The molecule has 0 aromatic heterocycles. The lowest BCUT2D eigenvalue weighted by Crippen LogP contribution is -2.42. The number of nitrogens with one attached hydrogen (secondary N) is 1. The van der Waals surface area contributed by atoms with Crippen molar-refractivity contribution < 1.29 is 9.47 Å². The largest absolute Gasteiger partial charge is 0.497 e. The molecule has 1 atom stereocenters. The molecule has 0 amide bonds. The quantitative estimate of drug-likeness (QED) is 0.890. The number of hydrogen-bond donors (Lipinski definition) is 1. The number of methoxy groups -OCH3 is 1. The number of benzene rings is 2. The van der Waals surface area contributed by atoms with E-state index in [9.17, 15) is 0 Å². The first-order chi connectivity index (χ1) is 11.8. The van der Waals surface area contributed by atoms with E-state index in [0.29, 0.717) is 6.04 Å². The van der Waals surface area contributed by atoms with Gasteiger partial charge in [0.2, 0.25) is 0 Å². The summed E-state index contributed by atoms with van der Waals surface area (Å²) in [6.07, 6.45) is 6.00. The molecule has 2 aromatic carbocycles. The van der Waals surface area contributed by atoms with E-state index >= 15 is 0 Å². The van der Waals surface area contributed by atoms with Crippen molar-refractivity contribution in [1.29, 1.82) is 0 Å². The van der Waals surface area contributed by atoms with E-state index in [4.69, 9.17) is 9.47 Å². The first kappa shape index (κ1) is 15.5. The molecule has 1 fully saturated rings. The molecule has 1 spiro atoms. The fraction of sp³-hybridized carbons (Fsp3) is 0.429. The second kappa shape index (κ2) is 6.48. The Kier molecular flexibility index (Phi) is 4.19. The van der Waals surface area contributed by atoms with Gasteiger partial charge >= 0.3 is 0 Å². The summed E-state index contributed by atoms with van der Waals surface area (Å²) in [4.78, 5) is 0. The van der Waals surface area contributed by atoms with Crippen LogP contribution in [0.4, 0.5) is 0 Å². The summed E-state index contributed by atoms with van der Waals surface area (Å²) < 4.78 is 11.7. The predicted octanol–water partition coefficient (Wildman–Crippen LogP) is 4.62. The van der Waals surface area contributed by atoms with Crippen LogP contribution in [0, 0.1) is 0 Å². The number of ether oxygens (including phenoxy) is 2. The minimum absolute atomic E-state index is 0.0475. The van der Waals surface area contributed by atoms with Crippen molar-refractivity contribution in [3.63, 3.8) is 0 Å². The van der Waals surface area contributed by atoms with Crippen LogP contribution in [0.1, 0.15) is 49.3 Å². The molecule has 1 aliphatic carbocycles. The molecule has 1 unspecified atom stereocenters. The van der Waals surface area contributed by atoms with Crippen LogP contribution in [0.2, 0.25) is 0 Å². The molecule has 3 nitrogen and oxygen atoms in total. The summed E-state index contributed by atoms with van der Waals surface area (Å²) in [7, 11) is 1.70. The van der Waals surface area contributed by atoms with E-state index in [1.165, 1.54) is 36.8 Å². The third-order valence-corrected chi connectivity index (χ3v) is 5.42. The van der Waals surface area contributed by atoms with Crippen LogP contribution in [-0.2, 0) is 6.54 Å². The first-order valence-electron chi connectivity index (χ1n) is 8.92. The Morgan fingerprint density at radius 3 is 2.58 bits per heavy atom. The third-order valence-electron chi connectivity index (χ3n) is 5.42. The zero-order valence-electron chi connectivity index (χ0n) is 14.3. The van der Waals surface area contributed by atoms with Gasteiger partial charge in [-0.05, 0) is 49.4 Å². The summed E-state index contributed by atoms with van der Waals surface area (Å²) in [5.41, 5.74) is 2.62. The van der Waals surface area contributed by atoms with E-state index in [1.54, 1.807) is 7.11 Å². The molecule has 0 radical (unpaired) electrons. The van der Waals surface area contributed by atoms with Crippen LogP contribution in [0.25, 0.3) is 0 Å². The average Bonchev–Trinajstić information content (AvgIpc) is 3.07. The topological polar surface area (TPSA) is 30.5 Å². The molecular weight excluding hydrogens is 298 g/mol. The molecule has 1 saturated carbocycles. The molecule has 24 heavy (non-hydrogen) atoms. The van der Waals surface area contributed by atoms with Gasteiger partial charge in [0.25, 0.3) is 0 Å². The third kappa shape index (κ3) is 3.01. The Hall–Kier alpha value is -2.00. The Bertz CT molecular complexity index is 689. The maximum absolute atomic E-state index is 6.44. The van der Waals surface area contributed by atoms with Crippen LogP contribution < -0.4 is 14.8 Å². The molecule has 3 heteroatoms. The van der Waals surface area contributed by atoms with E-state index in [2.05, 4.69) is 41.7 Å². The van der Waals surface area contributed by atoms with Gasteiger partial charge in [-0.25, -0.2) is 0 Å². The van der Waals surface area contributed by atoms with Crippen molar-refractivity contribution in [3.8, 4) is 11.5 Å². The SMILES string of the molecule is COc1ccc(CNC2CC3(CCCC3)Oc3ccccc32)cc1. The highest BCUT2D eigenvalue weighted by molar-refractivity contribution is 5.39. The molecule has 1 N–H and O–H groups in total. The smallest absolute Gasteiger partial charge is 0.124 e. The van der Waals surface area contributed by atoms with Crippen molar-refractivity contribution >= 4 is 0 Å². The van der Waals surface area contributed by atoms with Gasteiger partial charge in [0.15, 0.2) is 0 Å². The highest BCUT2D eigenvalue weighted by Crippen LogP contribution is 2.47. The van der Waals surface area contributed by atoms with E-state index in [1.807, 2.05) is 12.1 Å². The normalized spacial score (nSPS) is 21.3. The van der Waals surface area contributed by atoms with Crippen molar-refractivity contribution in [2.45, 2.75) is 50.3 Å². The summed E-state index contributed by atoms with van der Waals surface area (Å²) in [6.45, 7) is 0.860. The summed E-state index contributed by atoms with van der Waals surface area (Å²) in [5.74, 6) is 1.97. The molecule has 2 aliphatic rings. The molecule has 126 valence electrons.